The zero-order valence-electron chi connectivity index (χ0n) is 45.3. The Labute approximate surface area is 446 Å². The van der Waals surface area contributed by atoms with E-state index in [1.807, 2.05) is 102 Å². The molecule has 410 valence electrons. The molecule has 22 heteroatoms. The van der Waals surface area contributed by atoms with Crippen LogP contribution in [-0.4, -0.2) is 164 Å². The van der Waals surface area contributed by atoms with Gasteiger partial charge in [0.1, 0.15) is 38.5 Å². The molecule has 2 aliphatic rings. The molecule has 2 fully saturated rings. The van der Waals surface area contributed by atoms with Crippen LogP contribution in [0, 0.1) is 34.5 Å². The monoisotopic (exact) mass is 1050 g/mol. The van der Waals surface area contributed by atoms with Gasteiger partial charge in [0.05, 0.1) is 50.5 Å². The fourth-order valence-electron chi connectivity index (χ4n) is 9.40. The van der Waals surface area contributed by atoms with Gasteiger partial charge in [-0.1, -0.05) is 124 Å². The molecule has 2 aliphatic heterocycles. The van der Waals surface area contributed by atoms with Crippen LogP contribution in [0.5, 0.6) is 12.0 Å². The molecule has 4 N–H and O–H groups in total. The lowest BCUT2D eigenvalue weighted by molar-refractivity contribution is -0.142. The molecule has 2 unspecified atom stereocenters. The zero-order valence-corrected chi connectivity index (χ0v) is 45.3. The molecule has 6 atom stereocenters. The highest BCUT2D eigenvalue weighted by Gasteiger charge is 2.45. The van der Waals surface area contributed by atoms with Crippen LogP contribution in [0.3, 0.4) is 0 Å². The number of ether oxygens (including phenoxy) is 4. The number of carbonyl (C=O) groups is 4. The number of aromatic nitrogens is 8. The molecule has 22 nitrogen and oxygen atoms in total. The summed E-state index contributed by atoms with van der Waals surface area (Å²) in [6, 6.07) is 16.6. The Hall–Kier alpha value is -6.98. The first-order chi connectivity index (χ1) is 36.7. The molecule has 76 heavy (non-hydrogen) atoms. The number of carbonyl (C=O) groups excluding carboxylic acids is 4. The van der Waals surface area contributed by atoms with Gasteiger partial charge in [-0.05, 0) is 96.4 Å². The summed E-state index contributed by atoms with van der Waals surface area (Å²) in [4.78, 5) is 59.8. The largest absolute Gasteiger partial charge is 0.458 e. The van der Waals surface area contributed by atoms with Crippen LogP contribution in [0.15, 0.2) is 60.7 Å². The van der Waals surface area contributed by atoms with Crippen LogP contribution in [0.2, 0.25) is 0 Å². The maximum Gasteiger partial charge on any atom is 0.335 e. The number of tetrazole rings is 2. The summed E-state index contributed by atoms with van der Waals surface area (Å²) in [5.74, 6) is 10.4. The normalized spacial score (nSPS) is 17.1. The predicted molar refractivity (Wildman–Crippen MR) is 282 cm³/mol. The average molecular weight is 1050 g/mol. The molecular weight excluding hydrogens is 973 g/mol. The van der Waals surface area contributed by atoms with Crippen molar-refractivity contribution in [3.05, 3.63) is 71.8 Å². The number of benzene rings is 2. The maximum atomic E-state index is 14.6. The Bertz CT molecular complexity index is 2420. The average Bonchev–Trinajstić information content (AvgIpc) is 4.27. The summed E-state index contributed by atoms with van der Waals surface area (Å²) in [5, 5.41) is 36.3. The van der Waals surface area contributed by atoms with E-state index >= 15 is 0 Å². The number of rotatable bonds is 28. The van der Waals surface area contributed by atoms with Gasteiger partial charge in [-0.3, -0.25) is 19.2 Å². The summed E-state index contributed by atoms with van der Waals surface area (Å²) in [5.41, 5.74) is 0.232. The summed E-state index contributed by atoms with van der Waals surface area (Å²) in [6.07, 6.45) is 4.06. The number of nitrogens with zero attached hydrogens (tertiary/aromatic N) is 10. The van der Waals surface area contributed by atoms with Gasteiger partial charge in [-0.2, -0.15) is 9.36 Å². The van der Waals surface area contributed by atoms with Crippen molar-refractivity contribution in [2.45, 2.75) is 143 Å². The van der Waals surface area contributed by atoms with Crippen molar-refractivity contribution in [3.8, 4) is 35.7 Å². The highest BCUT2D eigenvalue weighted by Crippen LogP contribution is 2.30. The second-order valence-electron chi connectivity index (χ2n) is 20.4. The van der Waals surface area contributed by atoms with Crippen molar-refractivity contribution in [1.29, 1.82) is 0 Å². The van der Waals surface area contributed by atoms with Crippen molar-refractivity contribution in [2.24, 2.45) is 10.8 Å². The molecule has 0 radical (unpaired) electrons. The van der Waals surface area contributed by atoms with Gasteiger partial charge in [-0.25, -0.2) is 0 Å². The lowest BCUT2D eigenvalue weighted by Crippen LogP contribution is -2.60. The third-order valence-corrected chi connectivity index (χ3v) is 13.8. The number of nitrogens with one attached hydrogen (secondary N) is 4. The van der Waals surface area contributed by atoms with E-state index in [0.29, 0.717) is 39.0 Å². The van der Waals surface area contributed by atoms with E-state index in [2.05, 4.69) is 76.0 Å². The Kier molecular flexibility index (Phi) is 22.1. The van der Waals surface area contributed by atoms with Crippen LogP contribution in [0.25, 0.3) is 0 Å². The van der Waals surface area contributed by atoms with Crippen molar-refractivity contribution in [1.82, 2.24) is 71.5 Å². The molecule has 4 amide bonds. The highest BCUT2D eigenvalue weighted by atomic mass is 16.5. The van der Waals surface area contributed by atoms with Gasteiger partial charge in [0, 0.05) is 23.9 Å². The number of likely N-dealkylation sites (tertiary alicyclic amines) is 2. The standard InChI is InChI=1S/C54H76N14O8/c1-9-43(55-7)47(69)57-45(49(71)65-29-21-27-41(65)33-67-51(59-61-63-67)75-35-39-23-15-13-16-24-39)53(3,4)37-73-31-19-11-12-20-32-74-38-54(5,6)46(58-48(70)44(10-2)56-8)50(72)66-30-22-28-42(66)34-68-52(60-62-64-68)76-36-40-25-17-14-18-26-40/h13-18,23-26,41-46,55-56H,9-10,21-22,27-38H2,1-8H3,(H,57,69)(H,58,70)/t41-,42+,43?,44?,45-,46-/m1/s1. The van der Waals surface area contributed by atoms with Crippen LogP contribution >= 0.6 is 0 Å². The van der Waals surface area contributed by atoms with E-state index in [4.69, 9.17) is 18.9 Å². The van der Waals surface area contributed by atoms with Gasteiger partial charge < -0.3 is 50.0 Å². The molecule has 2 aromatic heterocycles. The minimum Gasteiger partial charge on any atom is -0.458 e. The van der Waals surface area contributed by atoms with Gasteiger partial charge in [-0.15, -0.1) is 0 Å². The Morgan fingerprint density at radius 1 is 0.632 bits per heavy atom. The Morgan fingerprint density at radius 2 is 1.03 bits per heavy atom. The van der Waals surface area contributed by atoms with Crippen molar-refractivity contribution in [3.63, 3.8) is 0 Å². The van der Waals surface area contributed by atoms with Crippen molar-refractivity contribution >= 4 is 23.6 Å². The van der Waals surface area contributed by atoms with E-state index in [-0.39, 0.29) is 87.4 Å². The summed E-state index contributed by atoms with van der Waals surface area (Å²) in [6.45, 7) is 13.8. The van der Waals surface area contributed by atoms with E-state index in [1.54, 1.807) is 33.3 Å². The fraction of sp³-hybridized carbons (Fsp3) is 0.593. The quantitative estimate of drug-likeness (QED) is 0.0472. The fourth-order valence-corrected chi connectivity index (χ4v) is 9.40. The first-order valence-corrected chi connectivity index (χ1v) is 26.2. The van der Waals surface area contributed by atoms with Crippen LogP contribution in [-0.2, 0) is 55.0 Å². The second-order valence-corrected chi connectivity index (χ2v) is 20.4. The molecule has 0 aliphatic carbocycles. The number of hydrogen-bond donors (Lipinski definition) is 4. The SMILES string of the molecule is CCC(NC)C(=O)N[C@H](C(=O)N1CCC[C@@H]1Cn1nnnc1OCc1ccccc1)C(C)(C)COCC#CC#CCOCC(C)(C)[C@H](NC(=O)C(CC)NC)C(=O)N1CCC[C@H]1Cn1nnnc1OCc1ccccc1. The molecule has 0 bridgehead atoms. The van der Waals surface area contributed by atoms with E-state index in [0.717, 1.165) is 36.8 Å². The Morgan fingerprint density at radius 3 is 1.39 bits per heavy atom. The molecule has 2 saturated heterocycles. The van der Waals surface area contributed by atoms with Crippen molar-refractivity contribution in [2.75, 3.05) is 53.6 Å². The molecule has 2 aromatic carbocycles. The molecular formula is C54H76N14O8. The number of amides is 4. The van der Waals surface area contributed by atoms with E-state index in [1.165, 1.54) is 0 Å². The van der Waals surface area contributed by atoms with E-state index in [9.17, 15) is 19.2 Å². The lowest BCUT2D eigenvalue weighted by atomic mass is 9.83. The number of hydrogen-bond acceptors (Lipinski definition) is 16. The second kappa shape index (κ2) is 28.8. The molecule has 4 heterocycles. The molecule has 0 spiro atoms. The third kappa shape index (κ3) is 16.3. The van der Waals surface area contributed by atoms with Crippen molar-refractivity contribution < 1.29 is 38.1 Å². The smallest absolute Gasteiger partial charge is 0.335 e. The summed E-state index contributed by atoms with van der Waals surface area (Å²) < 4.78 is 27.1. The van der Waals surface area contributed by atoms with Crippen LogP contribution < -0.4 is 30.7 Å². The third-order valence-electron chi connectivity index (χ3n) is 13.8. The molecule has 4 aromatic rings. The zero-order chi connectivity index (χ0) is 54.5. The van der Waals surface area contributed by atoms with Gasteiger partial charge >= 0.3 is 12.0 Å². The highest BCUT2D eigenvalue weighted by molar-refractivity contribution is 5.91. The first-order valence-electron chi connectivity index (χ1n) is 26.2. The van der Waals surface area contributed by atoms with E-state index < -0.39 is 35.0 Å². The van der Waals surface area contributed by atoms with Crippen LogP contribution in [0.1, 0.15) is 91.2 Å². The van der Waals surface area contributed by atoms with Gasteiger partial charge in [0.25, 0.3) is 0 Å². The maximum absolute atomic E-state index is 14.6. The lowest BCUT2D eigenvalue weighted by Gasteiger charge is -2.38. The Balaban J connectivity index is 1.03. The molecule has 6 rings (SSSR count). The minimum absolute atomic E-state index is 0.0220. The molecule has 0 saturated carbocycles. The minimum atomic E-state index is -0.924. The first kappa shape index (κ1) is 58.3. The van der Waals surface area contributed by atoms with Gasteiger partial charge in [0.2, 0.25) is 23.6 Å². The number of likely N-dealkylation sites (N-methyl/N-ethyl adjacent to an activating group) is 2. The predicted octanol–water partition coefficient (Wildman–Crippen LogP) is 2.56. The summed E-state index contributed by atoms with van der Waals surface area (Å²) >= 11 is 0. The summed E-state index contributed by atoms with van der Waals surface area (Å²) in [7, 11) is 3.43. The van der Waals surface area contributed by atoms with Crippen LogP contribution in [0.4, 0.5) is 0 Å². The van der Waals surface area contributed by atoms with Gasteiger partial charge in [0.15, 0.2) is 0 Å². The topological polar surface area (TPSA) is 247 Å².